The van der Waals surface area contributed by atoms with Gasteiger partial charge in [0.15, 0.2) is 5.15 Å². The standard InChI is InChI=1S/C14H11ClN4/c15-14-13(18-16-10-6-2-1-3-7-10)11-8-4-5-9-12(11)17-19-14/h1-9,16H,(H,17,18). The summed E-state index contributed by atoms with van der Waals surface area (Å²) in [5, 5.41) is 9.24. The lowest BCUT2D eigenvalue weighted by atomic mass is 10.2. The van der Waals surface area contributed by atoms with E-state index in [-0.39, 0.29) is 0 Å². The molecule has 3 aromatic rings. The molecule has 4 nitrogen and oxygen atoms in total. The van der Waals surface area contributed by atoms with E-state index in [4.69, 9.17) is 11.6 Å². The van der Waals surface area contributed by atoms with Gasteiger partial charge in [0.1, 0.15) is 5.69 Å². The number of fused-ring (bicyclic) bond motifs is 1. The monoisotopic (exact) mass is 270 g/mol. The Bertz CT molecular complexity index is 700. The minimum atomic E-state index is 0.335. The van der Waals surface area contributed by atoms with Crippen molar-refractivity contribution in [1.29, 1.82) is 0 Å². The summed E-state index contributed by atoms with van der Waals surface area (Å²) in [4.78, 5) is 0. The number of nitrogens with one attached hydrogen (secondary N) is 2. The Labute approximate surface area is 115 Å². The summed E-state index contributed by atoms with van der Waals surface area (Å²) in [6.45, 7) is 0. The molecule has 0 amide bonds. The minimum Gasteiger partial charge on any atom is -0.301 e. The van der Waals surface area contributed by atoms with E-state index in [9.17, 15) is 0 Å². The Hall–Kier alpha value is -2.33. The first-order chi connectivity index (χ1) is 9.34. The van der Waals surface area contributed by atoms with Gasteiger partial charge in [-0.25, -0.2) is 0 Å². The lowest BCUT2D eigenvalue weighted by Gasteiger charge is -2.12. The fourth-order valence-electron chi connectivity index (χ4n) is 1.81. The molecule has 0 spiro atoms. The van der Waals surface area contributed by atoms with E-state index in [2.05, 4.69) is 21.0 Å². The molecular weight excluding hydrogens is 260 g/mol. The molecule has 0 fully saturated rings. The van der Waals surface area contributed by atoms with Crippen LogP contribution in [0.2, 0.25) is 5.15 Å². The SMILES string of the molecule is Clc1nnc2ccccc2c1NNc1ccccc1. The number of aromatic nitrogens is 2. The second-order valence-corrected chi connectivity index (χ2v) is 4.36. The van der Waals surface area contributed by atoms with Crippen molar-refractivity contribution in [2.24, 2.45) is 0 Å². The van der Waals surface area contributed by atoms with Crippen LogP contribution in [0.5, 0.6) is 0 Å². The molecule has 0 saturated carbocycles. The Kier molecular flexibility index (Phi) is 3.16. The number of benzene rings is 2. The van der Waals surface area contributed by atoms with Crippen molar-refractivity contribution in [3.8, 4) is 0 Å². The molecule has 0 radical (unpaired) electrons. The van der Waals surface area contributed by atoms with Gasteiger partial charge in [0, 0.05) is 5.39 Å². The fraction of sp³-hybridized carbons (Fsp3) is 0. The summed E-state index contributed by atoms with van der Waals surface area (Å²) in [5.41, 5.74) is 8.64. The summed E-state index contributed by atoms with van der Waals surface area (Å²) < 4.78 is 0. The third kappa shape index (κ3) is 2.44. The molecule has 0 aliphatic rings. The molecule has 0 aliphatic carbocycles. The third-order valence-corrected chi connectivity index (χ3v) is 3.00. The van der Waals surface area contributed by atoms with Crippen molar-refractivity contribution >= 4 is 33.9 Å². The summed E-state index contributed by atoms with van der Waals surface area (Å²) in [7, 11) is 0. The van der Waals surface area contributed by atoms with Gasteiger partial charge >= 0.3 is 0 Å². The van der Waals surface area contributed by atoms with Crippen LogP contribution < -0.4 is 10.9 Å². The van der Waals surface area contributed by atoms with Crippen LogP contribution >= 0.6 is 11.6 Å². The minimum absolute atomic E-state index is 0.335. The Morgan fingerprint density at radius 2 is 1.53 bits per heavy atom. The molecule has 19 heavy (non-hydrogen) atoms. The molecule has 1 heterocycles. The number of hydrazine groups is 1. The van der Waals surface area contributed by atoms with E-state index < -0.39 is 0 Å². The Morgan fingerprint density at radius 1 is 0.789 bits per heavy atom. The molecule has 3 rings (SSSR count). The number of nitrogens with zero attached hydrogens (tertiary/aromatic N) is 2. The van der Waals surface area contributed by atoms with Gasteiger partial charge in [0.25, 0.3) is 0 Å². The lowest BCUT2D eigenvalue weighted by Crippen LogP contribution is -2.10. The highest BCUT2D eigenvalue weighted by Gasteiger charge is 2.07. The second kappa shape index (κ2) is 5.12. The van der Waals surface area contributed by atoms with E-state index in [1.165, 1.54) is 0 Å². The van der Waals surface area contributed by atoms with Crippen molar-refractivity contribution in [2.45, 2.75) is 0 Å². The van der Waals surface area contributed by atoms with Gasteiger partial charge in [-0.1, -0.05) is 48.0 Å². The maximum Gasteiger partial charge on any atom is 0.177 e. The van der Waals surface area contributed by atoms with Gasteiger partial charge in [-0.2, -0.15) is 0 Å². The smallest absolute Gasteiger partial charge is 0.177 e. The van der Waals surface area contributed by atoms with Crippen molar-refractivity contribution in [3.63, 3.8) is 0 Å². The van der Waals surface area contributed by atoms with E-state index in [1.54, 1.807) is 0 Å². The highest BCUT2D eigenvalue weighted by atomic mass is 35.5. The molecule has 0 saturated heterocycles. The summed E-state index contributed by atoms with van der Waals surface area (Å²) >= 11 is 6.09. The average Bonchev–Trinajstić information content (AvgIpc) is 2.47. The number of halogens is 1. The third-order valence-electron chi connectivity index (χ3n) is 2.73. The Morgan fingerprint density at radius 3 is 2.37 bits per heavy atom. The first-order valence-electron chi connectivity index (χ1n) is 5.82. The molecule has 0 unspecified atom stereocenters. The summed E-state index contributed by atoms with van der Waals surface area (Å²) in [6, 6.07) is 17.5. The van der Waals surface area contributed by atoms with E-state index >= 15 is 0 Å². The summed E-state index contributed by atoms with van der Waals surface area (Å²) in [6.07, 6.45) is 0. The predicted octanol–water partition coefficient (Wildman–Crippen LogP) is 3.72. The molecule has 94 valence electrons. The van der Waals surface area contributed by atoms with Gasteiger partial charge in [0.2, 0.25) is 0 Å². The van der Waals surface area contributed by atoms with Crippen LogP contribution in [0.15, 0.2) is 54.6 Å². The molecule has 5 heteroatoms. The van der Waals surface area contributed by atoms with Crippen LogP contribution in [0.25, 0.3) is 10.9 Å². The average molecular weight is 271 g/mol. The van der Waals surface area contributed by atoms with Crippen LogP contribution in [0.4, 0.5) is 11.4 Å². The maximum atomic E-state index is 6.09. The van der Waals surface area contributed by atoms with Crippen molar-refractivity contribution in [3.05, 3.63) is 59.8 Å². The zero-order valence-electron chi connectivity index (χ0n) is 9.97. The first kappa shape index (κ1) is 11.7. The lowest BCUT2D eigenvalue weighted by molar-refractivity contribution is 1.07. The number of rotatable bonds is 3. The van der Waals surface area contributed by atoms with Crippen LogP contribution in [0, 0.1) is 0 Å². The Balaban J connectivity index is 1.94. The quantitative estimate of drug-likeness (QED) is 0.712. The van der Waals surface area contributed by atoms with Crippen molar-refractivity contribution in [1.82, 2.24) is 10.2 Å². The highest BCUT2D eigenvalue weighted by molar-refractivity contribution is 6.33. The highest BCUT2D eigenvalue weighted by Crippen LogP contribution is 2.27. The van der Waals surface area contributed by atoms with E-state index in [0.717, 1.165) is 22.3 Å². The molecule has 0 atom stereocenters. The topological polar surface area (TPSA) is 49.8 Å². The van der Waals surface area contributed by atoms with E-state index in [1.807, 2.05) is 54.6 Å². The fourth-order valence-corrected chi connectivity index (χ4v) is 1.99. The molecule has 2 N–H and O–H groups in total. The molecular formula is C14H11ClN4. The molecule has 0 bridgehead atoms. The van der Waals surface area contributed by atoms with Crippen LogP contribution in [0.3, 0.4) is 0 Å². The molecule has 0 aliphatic heterocycles. The van der Waals surface area contributed by atoms with Gasteiger partial charge in [-0.3, -0.25) is 5.43 Å². The van der Waals surface area contributed by atoms with Crippen molar-refractivity contribution < 1.29 is 0 Å². The van der Waals surface area contributed by atoms with Crippen LogP contribution in [0.1, 0.15) is 0 Å². The van der Waals surface area contributed by atoms with Gasteiger partial charge < -0.3 is 5.43 Å². The van der Waals surface area contributed by atoms with Gasteiger partial charge in [0.05, 0.1) is 11.2 Å². The summed E-state index contributed by atoms with van der Waals surface area (Å²) in [5.74, 6) is 0. The zero-order valence-corrected chi connectivity index (χ0v) is 10.7. The molecule has 2 aromatic carbocycles. The van der Waals surface area contributed by atoms with Gasteiger partial charge in [-0.05, 0) is 18.2 Å². The largest absolute Gasteiger partial charge is 0.301 e. The molecule has 1 aromatic heterocycles. The van der Waals surface area contributed by atoms with Gasteiger partial charge in [-0.15, -0.1) is 10.2 Å². The number of anilines is 2. The zero-order chi connectivity index (χ0) is 13.1. The normalized spacial score (nSPS) is 10.4. The number of hydrogen-bond donors (Lipinski definition) is 2. The van der Waals surface area contributed by atoms with Crippen LogP contribution in [-0.4, -0.2) is 10.2 Å². The number of hydrogen-bond acceptors (Lipinski definition) is 4. The predicted molar refractivity (Wildman–Crippen MR) is 78.2 cm³/mol. The van der Waals surface area contributed by atoms with Crippen molar-refractivity contribution in [2.75, 3.05) is 10.9 Å². The van der Waals surface area contributed by atoms with Crippen LogP contribution in [-0.2, 0) is 0 Å². The first-order valence-corrected chi connectivity index (χ1v) is 6.20. The maximum absolute atomic E-state index is 6.09. The van der Waals surface area contributed by atoms with E-state index in [0.29, 0.717) is 5.15 Å². The number of para-hydroxylation sites is 1. The second-order valence-electron chi connectivity index (χ2n) is 4.00.